The van der Waals surface area contributed by atoms with Gasteiger partial charge in [0, 0.05) is 38.4 Å². The Kier molecular flexibility index (Phi) is 5.65. The zero-order valence-corrected chi connectivity index (χ0v) is 14.8. The van der Waals surface area contributed by atoms with Crippen LogP contribution in [0.5, 0.6) is 5.75 Å². The normalized spacial score (nSPS) is 15.3. The molecule has 2 aromatic rings. The minimum atomic E-state index is -4.39. The Morgan fingerprint density at radius 3 is 2.70 bits per heavy atom. The Bertz CT molecular complexity index is 788. The fraction of sp³-hybridized carbons (Fsp3) is 0.368. The maximum absolute atomic E-state index is 12.7. The number of benzene rings is 1. The Morgan fingerprint density at radius 1 is 1.30 bits per heavy atom. The summed E-state index contributed by atoms with van der Waals surface area (Å²) in [4.78, 5) is 18.0. The second-order valence-electron chi connectivity index (χ2n) is 6.48. The summed E-state index contributed by atoms with van der Waals surface area (Å²) in [6.07, 6.45) is -2.74. The van der Waals surface area contributed by atoms with Crippen LogP contribution in [-0.4, -0.2) is 35.9 Å². The number of hydrogen-bond acceptors (Lipinski definition) is 4. The molecule has 0 saturated carbocycles. The predicted octanol–water partition coefficient (Wildman–Crippen LogP) is 2.86. The molecule has 27 heavy (non-hydrogen) atoms. The second-order valence-corrected chi connectivity index (χ2v) is 6.48. The number of amides is 1. The first-order chi connectivity index (χ1) is 12.8. The molecule has 0 bridgehead atoms. The lowest BCUT2D eigenvalue weighted by atomic mass is 9.99. The Morgan fingerprint density at radius 2 is 2.07 bits per heavy atom. The number of carbonyl (C=O) groups is 1. The van der Waals surface area contributed by atoms with Gasteiger partial charge in [-0.05, 0) is 24.3 Å². The average Bonchev–Trinajstić information content (AvgIpc) is 2.62. The minimum absolute atomic E-state index is 0.0372. The first-order valence-electron chi connectivity index (χ1n) is 8.53. The summed E-state index contributed by atoms with van der Waals surface area (Å²) >= 11 is 0. The lowest BCUT2D eigenvalue weighted by molar-refractivity contribution is -0.137. The van der Waals surface area contributed by atoms with Gasteiger partial charge in [-0.2, -0.15) is 13.2 Å². The van der Waals surface area contributed by atoms with Crippen molar-refractivity contribution in [3.05, 3.63) is 59.4 Å². The molecule has 1 aromatic heterocycles. The molecule has 1 aromatic carbocycles. The van der Waals surface area contributed by atoms with Crippen LogP contribution in [0.1, 0.15) is 16.8 Å². The molecule has 0 unspecified atom stereocenters. The lowest BCUT2D eigenvalue weighted by Gasteiger charge is -2.37. The van der Waals surface area contributed by atoms with E-state index in [2.05, 4.69) is 15.2 Å². The third-order valence-corrected chi connectivity index (χ3v) is 4.41. The standard InChI is InChI=1S/C19H20F3N3O2/c1-23-18(26)14-9-25(10-14)11-16-6-5-13(8-24-16)12-27-17-4-2-3-15(7-17)19(20,21)22/h2-8,14H,9-12H2,1H3,(H,23,26). The van der Waals surface area contributed by atoms with Crippen molar-refractivity contribution in [2.45, 2.75) is 19.3 Å². The van der Waals surface area contributed by atoms with Crippen LogP contribution in [0.3, 0.4) is 0 Å². The molecule has 1 saturated heterocycles. The molecule has 144 valence electrons. The molecule has 8 heteroatoms. The van der Waals surface area contributed by atoms with Gasteiger partial charge in [0.2, 0.25) is 5.91 Å². The van der Waals surface area contributed by atoms with Gasteiger partial charge in [-0.1, -0.05) is 12.1 Å². The summed E-state index contributed by atoms with van der Waals surface area (Å²) in [5, 5.41) is 2.64. The van der Waals surface area contributed by atoms with Crippen LogP contribution >= 0.6 is 0 Å². The van der Waals surface area contributed by atoms with Crippen molar-refractivity contribution in [2.24, 2.45) is 5.92 Å². The van der Waals surface area contributed by atoms with Gasteiger partial charge < -0.3 is 10.1 Å². The van der Waals surface area contributed by atoms with E-state index < -0.39 is 11.7 Å². The molecule has 1 N–H and O–H groups in total. The zero-order valence-electron chi connectivity index (χ0n) is 14.8. The third-order valence-electron chi connectivity index (χ3n) is 4.41. The van der Waals surface area contributed by atoms with Crippen LogP contribution in [0.2, 0.25) is 0 Å². The summed E-state index contributed by atoms with van der Waals surface area (Å²) in [7, 11) is 1.63. The van der Waals surface area contributed by atoms with Crippen LogP contribution in [0.4, 0.5) is 13.2 Å². The van der Waals surface area contributed by atoms with Crippen molar-refractivity contribution >= 4 is 5.91 Å². The van der Waals surface area contributed by atoms with E-state index in [1.54, 1.807) is 13.2 Å². The smallest absolute Gasteiger partial charge is 0.416 e. The van der Waals surface area contributed by atoms with E-state index in [0.717, 1.165) is 23.4 Å². The van der Waals surface area contributed by atoms with Crippen molar-refractivity contribution in [2.75, 3.05) is 20.1 Å². The SMILES string of the molecule is CNC(=O)C1CN(Cc2ccc(COc3cccc(C(F)(F)F)c3)cn2)C1. The molecule has 3 rings (SSSR count). The average molecular weight is 379 g/mol. The number of pyridine rings is 1. The largest absolute Gasteiger partial charge is 0.489 e. The molecular weight excluding hydrogens is 359 g/mol. The summed E-state index contributed by atoms with van der Waals surface area (Å²) < 4.78 is 43.6. The van der Waals surface area contributed by atoms with Gasteiger partial charge >= 0.3 is 6.18 Å². The molecule has 1 fully saturated rings. The van der Waals surface area contributed by atoms with Crippen LogP contribution in [-0.2, 0) is 24.1 Å². The molecule has 1 aliphatic rings. The van der Waals surface area contributed by atoms with Gasteiger partial charge in [0.25, 0.3) is 0 Å². The van der Waals surface area contributed by atoms with Gasteiger partial charge in [0.15, 0.2) is 0 Å². The Balaban J connectivity index is 1.49. The van der Waals surface area contributed by atoms with Gasteiger partial charge in [-0.15, -0.1) is 0 Å². The van der Waals surface area contributed by atoms with E-state index in [0.29, 0.717) is 19.6 Å². The number of likely N-dealkylation sites (tertiary alicyclic amines) is 1. The van der Waals surface area contributed by atoms with Gasteiger partial charge in [-0.3, -0.25) is 14.7 Å². The first-order valence-corrected chi connectivity index (χ1v) is 8.53. The number of nitrogens with one attached hydrogen (secondary N) is 1. The lowest BCUT2D eigenvalue weighted by Crippen LogP contribution is -2.52. The number of nitrogens with zero attached hydrogens (tertiary/aromatic N) is 2. The number of rotatable bonds is 6. The van der Waals surface area contributed by atoms with Gasteiger partial charge in [0.05, 0.1) is 17.2 Å². The van der Waals surface area contributed by atoms with Crippen molar-refractivity contribution in [3.8, 4) is 5.75 Å². The first kappa shape index (κ1) is 19.2. The summed E-state index contributed by atoms with van der Waals surface area (Å²) in [6, 6.07) is 8.49. The number of carbonyl (C=O) groups excluding carboxylic acids is 1. The predicted molar refractivity (Wildman–Crippen MR) is 92.8 cm³/mol. The fourth-order valence-electron chi connectivity index (χ4n) is 2.86. The molecule has 0 radical (unpaired) electrons. The molecule has 1 amide bonds. The van der Waals surface area contributed by atoms with E-state index >= 15 is 0 Å². The van der Waals surface area contributed by atoms with Crippen molar-refractivity contribution in [3.63, 3.8) is 0 Å². The highest BCUT2D eigenvalue weighted by Crippen LogP contribution is 2.31. The maximum Gasteiger partial charge on any atom is 0.416 e. The summed E-state index contributed by atoms with van der Waals surface area (Å²) in [6.45, 7) is 2.21. The molecule has 1 aliphatic heterocycles. The topological polar surface area (TPSA) is 54.5 Å². The van der Waals surface area contributed by atoms with Crippen molar-refractivity contribution in [1.82, 2.24) is 15.2 Å². The van der Waals surface area contributed by atoms with Crippen LogP contribution in [0.15, 0.2) is 42.6 Å². The van der Waals surface area contributed by atoms with Crippen LogP contribution in [0, 0.1) is 5.92 Å². The van der Waals surface area contributed by atoms with E-state index in [9.17, 15) is 18.0 Å². The van der Waals surface area contributed by atoms with Crippen molar-refractivity contribution < 1.29 is 22.7 Å². The Hall–Kier alpha value is -2.61. The van der Waals surface area contributed by atoms with E-state index in [1.807, 2.05) is 12.1 Å². The molecule has 2 heterocycles. The van der Waals surface area contributed by atoms with Crippen molar-refractivity contribution in [1.29, 1.82) is 0 Å². The number of alkyl halides is 3. The van der Waals surface area contributed by atoms with E-state index in [4.69, 9.17) is 4.74 Å². The highest BCUT2D eigenvalue weighted by atomic mass is 19.4. The molecular formula is C19H20F3N3O2. The summed E-state index contributed by atoms with van der Waals surface area (Å²) in [5.41, 5.74) is 0.897. The Labute approximate surface area is 155 Å². The van der Waals surface area contributed by atoms with Gasteiger partial charge in [0.1, 0.15) is 12.4 Å². The number of ether oxygens (including phenoxy) is 1. The zero-order chi connectivity index (χ0) is 19.4. The number of hydrogen-bond donors (Lipinski definition) is 1. The maximum atomic E-state index is 12.7. The summed E-state index contributed by atoms with van der Waals surface area (Å²) in [5.74, 6) is 0.256. The van der Waals surface area contributed by atoms with Gasteiger partial charge in [-0.25, -0.2) is 0 Å². The highest BCUT2D eigenvalue weighted by Gasteiger charge is 2.32. The molecule has 0 atom stereocenters. The second kappa shape index (κ2) is 7.96. The monoisotopic (exact) mass is 379 g/mol. The molecule has 0 aliphatic carbocycles. The van der Waals surface area contributed by atoms with E-state index in [-0.39, 0.29) is 24.2 Å². The van der Waals surface area contributed by atoms with Crippen LogP contribution in [0.25, 0.3) is 0 Å². The number of aromatic nitrogens is 1. The number of halogens is 3. The minimum Gasteiger partial charge on any atom is -0.489 e. The molecule has 5 nitrogen and oxygen atoms in total. The highest BCUT2D eigenvalue weighted by molar-refractivity contribution is 5.79. The quantitative estimate of drug-likeness (QED) is 0.839. The van der Waals surface area contributed by atoms with Crippen LogP contribution < -0.4 is 10.1 Å². The fourth-order valence-corrected chi connectivity index (χ4v) is 2.86. The molecule has 0 spiro atoms. The third kappa shape index (κ3) is 4.97. The van der Waals surface area contributed by atoms with E-state index in [1.165, 1.54) is 12.1 Å².